The summed E-state index contributed by atoms with van der Waals surface area (Å²) >= 11 is 0. The highest BCUT2D eigenvalue weighted by Crippen LogP contribution is 2.02. The molecule has 0 aliphatic heterocycles. The second kappa shape index (κ2) is 7.35. The monoisotopic (exact) mass is 264 g/mol. The Morgan fingerprint density at radius 1 is 1.37 bits per heavy atom. The molecule has 19 heavy (non-hydrogen) atoms. The van der Waals surface area contributed by atoms with Crippen LogP contribution >= 0.6 is 0 Å². The predicted octanol–water partition coefficient (Wildman–Crippen LogP) is 0.556. The first kappa shape index (κ1) is 14.9. The average molecular weight is 264 g/mol. The van der Waals surface area contributed by atoms with E-state index in [1.807, 2.05) is 13.8 Å². The first-order valence-electron chi connectivity index (χ1n) is 6.25. The molecule has 2 amide bonds. The van der Waals surface area contributed by atoms with Gasteiger partial charge in [-0.05, 0) is 18.1 Å². The Hall–Kier alpha value is -2.11. The number of anilines is 1. The Morgan fingerprint density at radius 2 is 2.11 bits per heavy atom. The van der Waals surface area contributed by atoms with Crippen molar-refractivity contribution in [2.45, 2.75) is 20.3 Å². The molecule has 0 aromatic carbocycles. The van der Waals surface area contributed by atoms with Crippen LogP contribution in [0.4, 0.5) is 5.82 Å². The maximum absolute atomic E-state index is 11.7. The summed E-state index contributed by atoms with van der Waals surface area (Å²) in [4.78, 5) is 27.0. The largest absolute Gasteiger partial charge is 0.384 e. The summed E-state index contributed by atoms with van der Waals surface area (Å²) in [5.74, 6) is 0.384. The number of aromatic nitrogens is 1. The Balaban J connectivity index is 2.29. The van der Waals surface area contributed by atoms with Gasteiger partial charge in [0.25, 0.3) is 5.91 Å². The molecule has 6 nitrogen and oxygen atoms in total. The third-order valence-corrected chi connectivity index (χ3v) is 2.39. The highest BCUT2D eigenvalue weighted by Gasteiger charge is 2.07. The van der Waals surface area contributed by atoms with Crippen LogP contribution in [0.5, 0.6) is 0 Å². The minimum atomic E-state index is -0.259. The van der Waals surface area contributed by atoms with Crippen molar-refractivity contribution in [1.82, 2.24) is 15.6 Å². The summed E-state index contributed by atoms with van der Waals surface area (Å²) in [5.41, 5.74) is 5.93. The fourth-order valence-electron chi connectivity index (χ4n) is 1.39. The molecule has 0 spiro atoms. The number of amides is 2. The number of carbonyl (C=O) groups is 2. The van der Waals surface area contributed by atoms with Crippen molar-refractivity contribution in [3.63, 3.8) is 0 Å². The molecule has 0 atom stereocenters. The van der Waals surface area contributed by atoms with Gasteiger partial charge in [-0.1, -0.05) is 13.8 Å². The van der Waals surface area contributed by atoms with Crippen molar-refractivity contribution < 1.29 is 9.59 Å². The van der Waals surface area contributed by atoms with Gasteiger partial charge in [0.1, 0.15) is 5.82 Å². The van der Waals surface area contributed by atoms with E-state index in [4.69, 9.17) is 5.73 Å². The van der Waals surface area contributed by atoms with E-state index in [-0.39, 0.29) is 18.2 Å². The summed E-state index contributed by atoms with van der Waals surface area (Å²) in [6.45, 7) is 4.99. The number of nitrogens with two attached hydrogens (primary N) is 1. The Morgan fingerprint density at radius 3 is 2.74 bits per heavy atom. The zero-order valence-corrected chi connectivity index (χ0v) is 11.3. The lowest BCUT2D eigenvalue weighted by atomic mass is 10.2. The fraction of sp³-hybridized carbons (Fsp3) is 0.462. The molecular weight excluding hydrogens is 244 g/mol. The van der Waals surface area contributed by atoms with Gasteiger partial charge in [-0.15, -0.1) is 0 Å². The van der Waals surface area contributed by atoms with Gasteiger partial charge >= 0.3 is 0 Å². The molecule has 0 unspecified atom stereocenters. The van der Waals surface area contributed by atoms with E-state index in [2.05, 4.69) is 15.6 Å². The molecule has 1 aromatic rings. The molecule has 0 fully saturated rings. The first-order valence-corrected chi connectivity index (χ1v) is 6.25. The number of nitrogens with zero attached hydrogens (tertiary/aromatic N) is 1. The standard InChI is InChI=1S/C13H20N4O2/c1-9(2)8-17-12(18)4-6-16-13(19)10-3-5-15-11(14)7-10/h3,5,7,9H,4,6,8H2,1-2H3,(H2,14,15)(H,16,19)(H,17,18). The van der Waals surface area contributed by atoms with Crippen LogP contribution in [0.15, 0.2) is 18.3 Å². The quantitative estimate of drug-likeness (QED) is 0.699. The van der Waals surface area contributed by atoms with Gasteiger partial charge in [0.05, 0.1) is 0 Å². The van der Waals surface area contributed by atoms with Gasteiger partial charge in [0, 0.05) is 31.3 Å². The van der Waals surface area contributed by atoms with Crippen LogP contribution in [0.3, 0.4) is 0 Å². The highest BCUT2D eigenvalue weighted by molar-refractivity contribution is 5.94. The summed E-state index contributed by atoms with van der Waals surface area (Å²) in [5, 5.41) is 5.45. The van der Waals surface area contributed by atoms with E-state index < -0.39 is 0 Å². The Labute approximate surface area is 112 Å². The summed E-state index contributed by atoms with van der Waals surface area (Å²) in [6.07, 6.45) is 1.73. The van der Waals surface area contributed by atoms with E-state index in [9.17, 15) is 9.59 Å². The molecule has 1 rings (SSSR count). The molecule has 1 heterocycles. The molecule has 0 bridgehead atoms. The summed E-state index contributed by atoms with van der Waals surface area (Å²) in [7, 11) is 0. The second-order valence-electron chi connectivity index (χ2n) is 4.67. The first-order chi connectivity index (χ1) is 8.99. The maximum atomic E-state index is 11.7. The van der Waals surface area contributed by atoms with Crippen molar-refractivity contribution in [3.8, 4) is 0 Å². The van der Waals surface area contributed by atoms with Gasteiger partial charge in [-0.2, -0.15) is 0 Å². The fourth-order valence-corrected chi connectivity index (χ4v) is 1.39. The smallest absolute Gasteiger partial charge is 0.251 e. The van der Waals surface area contributed by atoms with E-state index in [1.54, 1.807) is 6.07 Å². The number of rotatable bonds is 6. The molecule has 0 aliphatic carbocycles. The van der Waals surface area contributed by atoms with Crippen LogP contribution < -0.4 is 16.4 Å². The van der Waals surface area contributed by atoms with Crippen molar-refractivity contribution in [2.75, 3.05) is 18.8 Å². The Kier molecular flexibility index (Phi) is 5.78. The molecule has 0 radical (unpaired) electrons. The lowest BCUT2D eigenvalue weighted by Gasteiger charge is -2.08. The zero-order valence-electron chi connectivity index (χ0n) is 11.3. The molecule has 1 aromatic heterocycles. The third-order valence-electron chi connectivity index (χ3n) is 2.39. The minimum absolute atomic E-state index is 0.0664. The maximum Gasteiger partial charge on any atom is 0.251 e. The normalized spacial score (nSPS) is 10.3. The third kappa shape index (κ3) is 5.85. The van der Waals surface area contributed by atoms with Crippen molar-refractivity contribution in [1.29, 1.82) is 0 Å². The van der Waals surface area contributed by atoms with Gasteiger partial charge < -0.3 is 16.4 Å². The number of carbonyl (C=O) groups excluding carboxylic acids is 2. The van der Waals surface area contributed by atoms with Crippen LogP contribution in [0.2, 0.25) is 0 Å². The van der Waals surface area contributed by atoms with Crippen molar-refractivity contribution in [3.05, 3.63) is 23.9 Å². The predicted molar refractivity (Wildman–Crippen MR) is 73.4 cm³/mol. The molecular formula is C13H20N4O2. The van der Waals surface area contributed by atoms with Crippen LogP contribution in [0.1, 0.15) is 30.6 Å². The molecule has 104 valence electrons. The van der Waals surface area contributed by atoms with Gasteiger partial charge in [-0.3, -0.25) is 9.59 Å². The second-order valence-corrected chi connectivity index (χ2v) is 4.67. The van der Waals surface area contributed by atoms with E-state index in [0.717, 1.165) is 0 Å². The molecule has 0 saturated carbocycles. The van der Waals surface area contributed by atoms with Gasteiger partial charge in [-0.25, -0.2) is 4.98 Å². The molecule has 0 aliphatic rings. The van der Waals surface area contributed by atoms with Crippen molar-refractivity contribution in [2.24, 2.45) is 5.92 Å². The number of nitrogens with one attached hydrogen (secondary N) is 2. The van der Waals surface area contributed by atoms with Gasteiger partial charge in [0.2, 0.25) is 5.91 Å². The molecule has 0 saturated heterocycles. The molecule has 6 heteroatoms. The van der Waals surface area contributed by atoms with E-state index >= 15 is 0 Å². The van der Waals surface area contributed by atoms with Crippen LogP contribution in [0, 0.1) is 5.92 Å². The lowest BCUT2D eigenvalue weighted by molar-refractivity contribution is -0.121. The van der Waals surface area contributed by atoms with E-state index in [0.29, 0.717) is 30.4 Å². The number of pyridine rings is 1. The zero-order chi connectivity index (χ0) is 14.3. The summed E-state index contributed by atoms with van der Waals surface area (Å²) < 4.78 is 0. The number of nitrogen functional groups attached to an aromatic ring is 1. The average Bonchev–Trinajstić information content (AvgIpc) is 2.36. The molecule has 4 N–H and O–H groups in total. The van der Waals surface area contributed by atoms with E-state index in [1.165, 1.54) is 12.3 Å². The van der Waals surface area contributed by atoms with Crippen LogP contribution in [0.25, 0.3) is 0 Å². The SMILES string of the molecule is CC(C)CNC(=O)CCNC(=O)c1ccnc(N)c1. The van der Waals surface area contributed by atoms with Crippen LogP contribution in [-0.2, 0) is 4.79 Å². The van der Waals surface area contributed by atoms with Crippen LogP contribution in [-0.4, -0.2) is 29.9 Å². The number of hydrogen-bond donors (Lipinski definition) is 3. The minimum Gasteiger partial charge on any atom is -0.384 e. The van der Waals surface area contributed by atoms with Crippen molar-refractivity contribution >= 4 is 17.6 Å². The highest BCUT2D eigenvalue weighted by atomic mass is 16.2. The summed E-state index contributed by atoms with van der Waals surface area (Å²) in [6, 6.07) is 3.07. The number of hydrogen-bond acceptors (Lipinski definition) is 4. The Bertz CT molecular complexity index is 446. The van der Waals surface area contributed by atoms with Gasteiger partial charge in [0.15, 0.2) is 0 Å². The topological polar surface area (TPSA) is 97.1 Å². The lowest BCUT2D eigenvalue weighted by Crippen LogP contribution is -2.32.